The van der Waals surface area contributed by atoms with Crippen LogP contribution < -0.4 is 5.32 Å². The molecule has 1 N–H and O–H groups in total. The smallest absolute Gasteiger partial charge is 0.0951 e. The summed E-state index contributed by atoms with van der Waals surface area (Å²) >= 11 is 0. The maximum atomic E-state index is 6.12. The van der Waals surface area contributed by atoms with Crippen LogP contribution in [-0.2, 0) is 9.47 Å². The lowest BCUT2D eigenvalue weighted by Gasteiger charge is -2.43. The van der Waals surface area contributed by atoms with Crippen LogP contribution in [0.3, 0.4) is 0 Å². The molecule has 18 heavy (non-hydrogen) atoms. The van der Waals surface area contributed by atoms with Gasteiger partial charge >= 0.3 is 0 Å². The molecule has 0 saturated carbocycles. The average Bonchev–Trinajstić information content (AvgIpc) is 2.91. The number of nitrogens with one attached hydrogen (secondary N) is 1. The summed E-state index contributed by atoms with van der Waals surface area (Å²) < 4.78 is 16.8. The summed E-state index contributed by atoms with van der Waals surface area (Å²) in [6.45, 7) is 7.33. The van der Waals surface area contributed by atoms with Gasteiger partial charge < -0.3 is 19.2 Å². The van der Waals surface area contributed by atoms with Gasteiger partial charge in [-0.05, 0) is 19.5 Å². The Kier molecular flexibility index (Phi) is 4.80. The van der Waals surface area contributed by atoms with Crippen LogP contribution in [0.2, 0.25) is 0 Å². The van der Waals surface area contributed by atoms with Crippen LogP contribution in [0.1, 0.15) is 38.3 Å². The molecule has 102 valence electrons. The number of rotatable bonds is 6. The maximum Gasteiger partial charge on any atom is 0.0951 e. The van der Waals surface area contributed by atoms with E-state index in [1.165, 1.54) is 0 Å². The van der Waals surface area contributed by atoms with Crippen LogP contribution in [0, 0.1) is 0 Å². The van der Waals surface area contributed by atoms with Crippen molar-refractivity contribution in [1.29, 1.82) is 0 Å². The minimum absolute atomic E-state index is 0.171. The largest absolute Gasteiger partial charge is 0.472 e. The number of hydrogen-bond donors (Lipinski definition) is 1. The second-order valence-corrected chi connectivity index (χ2v) is 4.66. The van der Waals surface area contributed by atoms with E-state index in [1.807, 2.05) is 12.3 Å². The summed E-state index contributed by atoms with van der Waals surface area (Å²) in [4.78, 5) is 0. The predicted octanol–water partition coefficient (Wildman–Crippen LogP) is 2.52. The van der Waals surface area contributed by atoms with Crippen LogP contribution in [0.4, 0.5) is 0 Å². The lowest BCUT2D eigenvalue weighted by atomic mass is 9.82. The van der Waals surface area contributed by atoms with E-state index in [4.69, 9.17) is 13.9 Å². The Morgan fingerprint density at radius 3 is 2.72 bits per heavy atom. The van der Waals surface area contributed by atoms with E-state index >= 15 is 0 Å². The zero-order chi connectivity index (χ0) is 12.8. The number of hydrogen-bond acceptors (Lipinski definition) is 4. The Bertz CT molecular complexity index is 325. The molecule has 0 radical (unpaired) electrons. The average molecular weight is 253 g/mol. The molecule has 0 spiro atoms. The van der Waals surface area contributed by atoms with Crippen molar-refractivity contribution in [2.24, 2.45) is 0 Å². The SMILES string of the molecule is CCNC(c1ccoc1)C1(OCC)CCOCC1. The van der Waals surface area contributed by atoms with E-state index in [2.05, 4.69) is 19.2 Å². The quantitative estimate of drug-likeness (QED) is 0.846. The second-order valence-electron chi connectivity index (χ2n) is 4.66. The van der Waals surface area contributed by atoms with E-state index in [-0.39, 0.29) is 11.6 Å². The number of furan rings is 1. The molecule has 1 aromatic rings. The van der Waals surface area contributed by atoms with E-state index in [9.17, 15) is 0 Å². The van der Waals surface area contributed by atoms with Gasteiger partial charge in [0.05, 0.1) is 24.2 Å². The highest BCUT2D eigenvalue weighted by Crippen LogP contribution is 2.38. The minimum atomic E-state index is -0.174. The van der Waals surface area contributed by atoms with Crippen molar-refractivity contribution in [1.82, 2.24) is 5.32 Å². The van der Waals surface area contributed by atoms with Crippen molar-refractivity contribution >= 4 is 0 Å². The molecular formula is C14H23NO3. The molecule has 0 aliphatic carbocycles. The lowest BCUT2D eigenvalue weighted by molar-refractivity contribution is -0.127. The molecule has 0 bridgehead atoms. The molecule has 1 saturated heterocycles. The molecule has 2 heterocycles. The first kappa shape index (κ1) is 13.6. The van der Waals surface area contributed by atoms with Crippen LogP contribution in [0.5, 0.6) is 0 Å². The normalized spacial score (nSPS) is 20.8. The summed E-state index contributed by atoms with van der Waals surface area (Å²) in [5.41, 5.74) is 0.986. The number of ether oxygens (including phenoxy) is 2. The van der Waals surface area contributed by atoms with Crippen molar-refractivity contribution in [2.75, 3.05) is 26.4 Å². The van der Waals surface area contributed by atoms with Crippen LogP contribution in [-0.4, -0.2) is 32.0 Å². The fraction of sp³-hybridized carbons (Fsp3) is 0.714. The zero-order valence-corrected chi connectivity index (χ0v) is 11.3. The van der Waals surface area contributed by atoms with Crippen molar-refractivity contribution in [3.8, 4) is 0 Å². The summed E-state index contributed by atoms with van der Waals surface area (Å²) in [7, 11) is 0. The maximum absolute atomic E-state index is 6.12. The number of likely N-dealkylation sites (N-methyl/N-ethyl adjacent to an activating group) is 1. The zero-order valence-electron chi connectivity index (χ0n) is 11.3. The highest BCUT2D eigenvalue weighted by atomic mass is 16.5. The second kappa shape index (κ2) is 6.36. The molecule has 1 unspecified atom stereocenters. The van der Waals surface area contributed by atoms with E-state index in [0.29, 0.717) is 0 Å². The highest BCUT2D eigenvalue weighted by Gasteiger charge is 2.42. The molecule has 1 fully saturated rings. The third-order valence-corrected chi connectivity index (χ3v) is 3.58. The first-order chi connectivity index (χ1) is 8.82. The van der Waals surface area contributed by atoms with E-state index in [0.717, 1.165) is 44.8 Å². The summed E-state index contributed by atoms with van der Waals surface area (Å²) in [5.74, 6) is 0. The summed E-state index contributed by atoms with van der Waals surface area (Å²) in [6.07, 6.45) is 5.37. The Hall–Kier alpha value is -0.840. The molecule has 1 atom stereocenters. The fourth-order valence-electron chi connectivity index (χ4n) is 2.77. The topological polar surface area (TPSA) is 43.6 Å². The fourth-order valence-corrected chi connectivity index (χ4v) is 2.77. The molecule has 4 nitrogen and oxygen atoms in total. The first-order valence-electron chi connectivity index (χ1n) is 6.79. The third kappa shape index (κ3) is 2.76. The van der Waals surface area contributed by atoms with Gasteiger partial charge in [-0.1, -0.05) is 6.92 Å². The van der Waals surface area contributed by atoms with Crippen LogP contribution in [0.15, 0.2) is 23.0 Å². The highest BCUT2D eigenvalue weighted by molar-refractivity contribution is 5.17. The van der Waals surface area contributed by atoms with Crippen molar-refractivity contribution in [3.63, 3.8) is 0 Å². The van der Waals surface area contributed by atoms with Gasteiger partial charge in [0.15, 0.2) is 0 Å². The van der Waals surface area contributed by atoms with E-state index in [1.54, 1.807) is 6.26 Å². The Morgan fingerprint density at radius 2 is 2.17 bits per heavy atom. The van der Waals surface area contributed by atoms with Gasteiger partial charge in [0, 0.05) is 38.2 Å². The summed E-state index contributed by atoms with van der Waals surface area (Å²) in [6, 6.07) is 2.19. The van der Waals surface area contributed by atoms with E-state index < -0.39 is 0 Å². The molecule has 1 aromatic heterocycles. The Balaban J connectivity index is 2.24. The monoisotopic (exact) mass is 253 g/mol. The van der Waals surface area contributed by atoms with Crippen molar-refractivity contribution in [3.05, 3.63) is 24.2 Å². The van der Waals surface area contributed by atoms with Gasteiger partial charge in [-0.2, -0.15) is 0 Å². The van der Waals surface area contributed by atoms with Gasteiger partial charge in [0.25, 0.3) is 0 Å². The molecule has 0 amide bonds. The summed E-state index contributed by atoms with van der Waals surface area (Å²) in [5, 5.41) is 3.54. The minimum Gasteiger partial charge on any atom is -0.472 e. The lowest BCUT2D eigenvalue weighted by Crippen LogP contribution is -2.49. The third-order valence-electron chi connectivity index (χ3n) is 3.58. The molecule has 4 heteroatoms. The predicted molar refractivity (Wildman–Crippen MR) is 69.5 cm³/mol. The van der Waals surface area contributed by atoms with Gasteiger partial charge in [0.1, 0.15) is 0 Å². The molecule has 2 rings (SSSR count). The Labute approximate surface area is 109 Å². The molecule has 1 aliphatic rings. The van der Waals surface area contributed by atoms with Gasteiger partial charge in [-0.15, -0.1) is 0 Å². The molecular weight excluding hydrogens is 230 g/mol. The molecule has 0 aromatic carbocycles. The first-order valence-corrected chi connectivity index (χ1v) is 6.79. The standard InChI is InChI=1S/C14H23NO3/c1-3-15-13(12-5-8-17-11-12)14(18-4-2)6-9-16-10-7-14/h5,8,11,13,15H,3-4,6-7,9-10H2,1-2H3. The van der Waals surface area contributed by atoms with Crippen molar-refractivity contribution in [2.45, 2.75) is 38.3 Å². The molecule has 1 aliphatic heterocycles. The van der Waals surface area contributed by atoms with Crippen LogP contribution >= 0.6 is 0 Å². The Morgan fingerprint density at radius 1 is 1.39 bits per heavy atom. The van der Waals surface area contributed by atoms with Crippen molar-refractivity contribution < 1.29 is 13.9 Å². The van der Waals surface area contributed by atoms with Gasteiger partial charge in [-0.3, -0.25) is 0 Å². The van der Waals surface area contributed by atoms with Gasteiger partial charge in [-0.25, -0.2) is 0 Å². The van der Waals surface area contributed by atoms with Gasteiger partial charge in [0.2, 0.25) is 0 Å². The van der Waals surface area contributed by atoms with Crippen LogP contribution in [0.25, 0.3) is 0 Å².